The average Bonchev–Trinajstić information content (AvgIpc) is 3.26. The summed E-state index contributed by atoms with van der Waals surface area (Å²) in [6, 6.07) is 14.1. The minimum atomic E-state index is -0.692. The van der Waals surface area contributed by atoms with Crippen LogP contribution in [-0.4, -0.2) is 40.0 Å². The smallest absolute Gasteiger partial charge is 0.245 e. The fourth-order valence-corrected chi connectivity index (χ4v) is 4.37. The molecule has 8 nitrogen and oxygen atoms in total. The maximum Gasteiger partial charge on any atom is 0.245 e. The largest absolute Gasteiger partial charge is 0.333 e. The van der Waals surface area contributed by atoms with Crippen molar-refractivity contribution in [2.24, 2.45) is 15.1 Å². The first-order valence-corrected chi connectivity index (χ1v) is 11.2. The fourth-order valence-electron chi connectivity index (χ4n) is 3.39. The van der Waals surface area contributed by atoms with Crippen molar-refractivity contribution in [2.45, 2.75) is 38.8 Å². The predicted molar refractivity (Wildman–Crippen MR) is 131 cm³/mol. The Morgan fingerprint density at radius 2 is 2.21 bits per heavy atom. The van der Waals surface area contributed by atoms with Crippen molar-refractivity contribution in [3.63, 3.8) is 0 Å². The van der Waals surface area contributed by atoms with E-state index in [2.05, 4.69) is 44.4 Å². The number of fused-ring (bicyclic) bond motifs is 1. The molecule has 1 aliphatic rings. The highest BCUT2D eigenvalue weighted by Crippen LogP contribution is 2.28. The third kappa shape index (κ3) is 5.37. The van der Waals surface area contributed by atoms with E-state index < -0.39 is 12.3 Å². The van der Waals surface area contributed by atoms with Crippen LogP contribution in [0.3, 0.4) is 0 Å². The van der Waals surface area contributed by atoms with E-state index in [0.29, 0.717) is 30.3 Å². The van der Waals surface area contributed by atoms with Gasteiger partial charge >= 0.3 is 0 Å². The van der Waals surface area contributed by atoms with Crippen molar-refractivity contribution in [3.05, 3.63) is 71.0 Å². The number of nitriles is 1. The summed E-state index contributed by atoms with van der Waals surface area (Å²) in [6.07, 6.45) is 3.27. The third-order valence-electron chi connectivity index (χ3n) is 5.04. The maximum atomic E-state index is 9.82. The Morgan fingerprint density at radius 1 is 1.36 bits per heavy atom. The zero-order chi connectivity index (χ0) is 23.2. The summed E-state index contributed by atoms with van der Waals surface area (Å²) in [4.78, 5) is 18.6. The molecule has 4 rings (SSSR count). The Kier molecular flexibility index (Phi) is 6.98. The van der Waals surface area contributed by atoms with Crippen LogP contribution in [0, 0.1) is 11.3 Å². The lowest BCUT2D eigenvalue weighted by Gasteiger charge is -2.19. The second kappa shape index (κ2) is 10.3. The number of benzene rings is 1. The van der Waals surface area contributed by atoms with Gasteiger partial charge in [-0.05, 0) is 30.2 Å². The lowest BCUT2D eigenvalue weighted by atomic mass is 10.0. The Bertz CT molecular complexity index is 1240. The van der Waals surface area contributed by atoms with Gasteiger partial charge in [0.15, 0.2) is 0 Å². The second-order valence-corrected chi connectivity index (χ2v) is 8.50. The highest BCUT2D eigenvalue weighted by Gasteiger charge is 2.25. The fraction of sp³-hybridized carbons (Fsp3) is 0.250. The summed E-state index contributed by atoms with van der Waals surface area (Å²) < 4.78 is 5.93. The molecule has 166 valence electrons. The van der Waals surface area contributed by atoms with Gasteiger partial charge in [-0.1, -0.05) is 42.2 Å². The summed E-state index contributed by atoms with van der Waals surface area (Å²) in [6.45, 7) is 10.3. The number of ether oxygens (including phenoxy) is 1. The number of allylic oxidation sites excluding steroid dienone is 1. The summed E-state index contributed by atoms with van der Waals surface area (Å²) >= 11 is 1.41. The molecule has 0 aliphatic carbocycles. The molecule has 2 unspecified atom stereocenters. The van der Waals surface area contributed by atoms with E-state index in [0.717, 1.165) is 27.2 Å². The Labute approximate surface area is 196 Å². The van der Waals surface area contributed by atoms with Gasteiger partial charge in [-0.15, -0.1) is 0 Å². The molecule has 1 aromatic carbocycles. The van der Waals surface area contributed by atoms with Crippen molar-refractivity contribution in [1.29, 1.82) is 5.26 Å². The van der Waals surface area contributed by atoms with Crippen LogP contribution in [0.2, 0.25) is 0 Å². The molecule has 0 fully saturated rings. The topological polar surface area (TPSA) is 99.1 Å². The van der Waals surface area contributed by atoms with Gasteiger partial charge in [0.2, 0.25) is 6.35 Å². The van der Waals surface area contributed by atoms with Crippen LogP contribution >= 0.6 is 11.3 Å². The highest BCUT2D eigenvalue weighted by molar-refractivity contribution is 7.18. The molecule has 1 aliphatic heterocycles. The van der Waals surface area contributed by atoms with Crippen LogP contribution in [0.25, 0.3) is 10.3 Å². The van der Waals surface area contributed by atoms with Gasteiger partial charge in [-0.3, -0.25) is 5.01 Å². The molecular weight excluding hydrogens is 434 g/mol. The highest BCUT2D eigenvalue weighted by atomic mass is 32.1. The maximum absolute atomic E-state index is 9.82. The Morgan fingerprint density at radius 3 is 2.97 bits per heavy atom. The minimum absolute atomic E-state index is 0.337. The lowest BCUT2D eigenvalue weighted by Crippen LogP contribution is -2.21. The van der Waals surface area contributed by atoms with Crippen molar-refractivity contribution >= 4 is 40.3 Å². The van der Waals surface area contributed by atoms with Crippen molar-refractivity contribution in [3.8, 4) is 6.07 Å². The van der Waals surface area contributed by atoms with E-state index in [4.69, 9.17) is 4.74 Å². The van der Waals surface area contributed by atoms with Gasteiger partial charge < -0.3 is 4.74 Å². The normalized spacial score (nSPS) is 16.1. The minimum Gasteiger partial charge on any atom is -0.333 e. The molecule has 0 amide bonds. The Balaban J connectivity index is 1.44. The molecule has 0 spiro atoms. The number of thiazole rings is 1. The summed E-state index contributed by atoms with van der Waals surface area (Å²) in [5, 5.41) is 16.2. The number of nitrogens with zero attached hydrogens (tertiary/aromatic N) is 7. The van der Waals surface area contributed by atoms with Crippen LogP contribution in [0.15, 0.2) is 70.0 Å². The number of aliphatic imine (C=N–C) groups is 2. The first-order chi connectivity index (χ1) is 16.1. The monoisotopic (exact) mass is 457 g/mol. The van der Waals surface area contributed by atoms with Gasteiger partial charge in [0.25, 0.3) is 0 Å². The number of pyridine rings is 1. The zero-order valence-corrected chi connectivity index (χ0v) is 19.1. The van der Waals surface area contributed by atoms with Crippen LogP contribution in [-0.2, 0) is 17.9 Å². The molecule has 3 aromatic rings. The number of rotatable bonds is 9. The number of hydrogen-bond donors (Lipinski definition) is 0. The summed E-state index contributed by atoms with van der Waals surface area (Å²) in [5.41, 5.74) is 4.36. The first kappa shape index (κ1) is 22.5. The molecule has 33 heavy (non-hydrogen) atoms. The molecule has 0 N–H and O–H groups in total. The van der Waals surface area contributed by atoms with Crippen LogP contribution in [0.1, 0.15) is 35.4 Å². The molecule has 0 radical (unpaired) electrons. The van der Waals surface area contributed by atoms with E-state index in [1.165, 1.54) is 11.3 Å². The predicted octanol–water partition coefficient (Wildman–Crippen LogP) is 4.67. The molecule has 2 aromatic heterocycles. The number of aromatic nitrogens is 2. The van der Waals surface area contributed by atoms with Gasteiger partial charge in [0, 0.05) is 37.0 Å². The van der Waals surface area contributed by atoms with Crippen molar-refractivity contribution < 1.29 is 4.74 Å². The quantitative estimate of drug-likeness (QED) is 0.344. The third-order valence-corrected chi connectivity index (χ3v) is 6.08. The summed E-state index contributed by atoms with van der Waals surface area (Å²) in [5.74, 6) is -0.551. The zero-order valence-electron chi connectivity index (χ0n) is 18.3. The van der Waals surface area contributed by atoms with E-state index in [9.17, 15) is 5.26 Å². The van der Waals surface area contributed by atoms with E-state index in [1.807, 2.05) is 43.3 Å². The van der Waals surface area contributed by atoms with E-state index in [1.54, 1.807) is 17.4 Å². The standard InChI is InChI=1S/C24H23N7OS/c1-16(2)31(26-3)14-17-6-4-7-18(12-17)15-32-24-28-11-9-20(30-24)19(13-25)22-29-21-8-5-10-27-23(21)33-22/h4-8,10-12,19,24H,1,3,9,14-15H2,2H3. The van der Waals surface area contributed by atoms with Crippen LogP contribution in [0.5, 0.6) is 0 Å². The average molecular weight is 458 g/mol. The molecule has 9 heteroatoms. The van der Waals surface area contributed by atoms with Crippen molar-refractivity contribution in [1.82, 2.24) is 15.0 Å². The Hall–Kier alpha value is -3.74. The van der Waals surface area contributed by atoms with E-state index >= 15 is 0 Å². The van der Waals surface area contributed by atoms with Gasteiger partial charge in [0.1, 0.15) is 21.3 Å². The molecule has 3 heterocycles. The van der Waals surface area contributed by atoms with Gasteiger partial charge in [-0.2, -0.15) is 10.4 Å². The second-order valence-electron chi connectivity index (χ2n) is 7.49. The molecule has 0 saturated carbocycles. The van der Waals surface area contributed by atoms with E-state index in [-0.39, 0.29) is 0 Å². The van der Waals surface area contributed by atoms with Gasteiger partial charge in [0.05, 0.1) is 19.2 Å². The van der Waals surface area contributed by atoms with Crippen LogP contribution in [0.4, 0.5) is 0 Å². The lowest BCUT2D eigenvalue weighted by molar-refractivity contribution is 0.0522. The van der Waals surface area contributed by atoms with Crippen molar-refractivity contribution in [2.75, 3.05) is 0 Å². The van der Waals surface area contributed by atoms with Gasteiger partial charge in [-0.25, -0.2) is 20.0 Å². The molecule has 0 bridgehead atoms. The first-order valence-electron chi connectivity index (χ1n) is 10.4. The number of hydrazone groups is 1. The molecular formula is C24H23N7OS. The van der Waals surface area contributed by atoms with Crippen LogP contribution < -0.4 is 0 Å². The molecule has 2 atom stereocenters. The number of hydrogen-bond acceptors (Lipinski definition) is 9. The summed E-state index contributed by atoms with van der Waals surface area (Å²) in [7, 11) is 0. The molecule has 0 saturated heterocycles. The SMILES string of the molecule is C=NN(Cc1cccc(COC2N=CCC(C(C#N)c3nc4cccnc4s3)=N2)c1)C(=C)C.